The maximum Gasteiger partial charge on any atom is 0.305 e. The van der Waals surface area contributed by atoms with E-state index in [1.54, 1.807) is 0 Å². The molecule has 0 aliphatic rings. The first-order valence-corrected chi connectivity index (χ1v) is 3.52. The number of aromatic nitrogens is 2. The lowest BCUT2D eigenvalue weighted by Gasteiger charge is -2.01. The zero-order valence-electron chi connectivity index (χ0n) is 6.40. The van der Waals surface area contributed by atoms with E-state index in [1.165, 1.54) is 16.9 Å². The molecule has 0 unspecified atom stereocenters. The van der Waals surface area contributed by atoms with Crippen LogP contribution in [-0.4, -0.2) is 20.9 Å². The number of aryl methyl sites for hydroxylation is 1. The summed E-state index contributed by atoms with van der Waals surface area (Å²) in [6, 6.07) is 1.53. The Hall–Kier alpha value is -1.39. The van der Waals surface area contributed by atoms with Crippen molar-refractivity contribution in [3.05, 3.63) is 18.0 Å². The minimum Gasteiger partial charge on any atom is -0.481 e. The molecule has 12 heavy (non-hydrogen) atoms. The molecule has 0 atom stereocenters. The second-order valence-corrected chi connectivity index (χ2v) is 2.32. The van der Waals surface area contributed by atoms with E-state index in [9.17, 15) is 9.18 Å². The Balaban J connectivity index is 2.56. The molecule has 1 N–H and O–H groups in total. The van der Waals surface area contributed by atoms with Crippen LogP contribution < -0.4 is 0 Å². The van der Waals surface area contributed by atoms with Gasteiger partial charge >= 0.3 is 5.97 Å². The van der Waals surface area contributed by atoms with E-state index in [0.717, 1.165) is 0 Å². The number of halogens is 1. The van der Waals surface area contributed by atoms with Crippen molar-refractivity contribution < 1.29 is 14.3 Å². The van der Waals surface area contributed by atoms with Crippen LogP contribution in [0, 0.1) is 0 Å². The number of carboxylic acids is 1. The van der Waals surface area contributed by atoms with E-state index in [0.29, 0.717) is 5.69 Å². The fraction of sp³-hybridized carbons (Fsp3) is 0.429. The predicted octanol–water partition coefficient (Wildman–Crippen LogP) is 0.827. The molecule has 0 radical (unpaired) electrons. The Morgan fingerprint density at radius 2 is 2.50 bits per heavy atom. The van der Waals surface area contributed by atoms with Crippen molar-refractivity contribution in [3.63, 3.8) is 0 Å². The van der Waals surface area contributed by atoms with Crippen LogP contribution in [0.4, 0.5) is 4.39 Å². The van der Waals surface area contributed by atoms with Gasteiger partial charge in [0.25, 0.3) is 0 Å². The van der Waals surface area contributed by atoms with Crippen molar-refractivity contribution in [1.29, 1.82) is 0 Å². The van der Waals surface area contributed by atoms with Gasteiger partial charge in [-0.15, -0.1) is 0 Å². The van der Waals surface area contributed by atoms with Gasteiger partial charge in [0.2, 0.25) is 0 Å². The topological polar surface area (TPSA) is 55.1 Å². The Morgan fingerprint density at radius 3 is 3.08 bits per heavy atom. The molecule has 0 fully saturated rings. The first kappa shape index (κ1) is 8.70. The summed E-state index contributed by atoms with van der Waals surface area (Å²) in [6.45, 7) is -0.388. The number of carbonyl (C=O) groups is 1. The molecule has 5 heteroatoms. The standard InChI is InChI=1S/C7H9FN2O2/c8-5-6-1-3-9-10(6)4-2-7(11)12/h1,3H,2,4-5H2,(H,11,12). The minimum atomic E-state index is -0.907. The lowest BCUT2D eigenvalue weighted by atomic mass is 10.4. The number of carboxylic acid groups (broad SMARTS) is 1. The first-order chi connectivity index (χ1) is 5.74. The van der Waals surface area contributed by atoms with Gasteiger partial charge in [-0.2, -0.15) is 5.10 Å². The van der Waals surface area contributed by atoms with Crippen LogP contribution in [-0.2, 0) is 18.0 Å². The lowest BCUT2D eigenvalue weighted by molar-refractivity contribution is -0.137. The molecule has 1 heterocycles. The highest BCUT2D eigenvalue weighted by Gasteiger charge is 2.03. The van der Waals surface area contributed by atoms with Gasteiger partial charge in [-0.3, -0.25) is 9.48 Å². The molecule has 1 aromatic heterocycles. The highest BCUT2D eigenvalue weighted by Crippen LogP contribution is 2.01. The van der Waals surface area contributed by atoms with Crippen molar-refractivity contribution in [2.24, 2.45) is 0 Å². The average Bonchev–Trinajstić information content (AvgIpc) is 2.47. The number of nitrogens with zero attached hydrogens (tertiary/aromatic N) is 2. The van der Waals surface area contributed by atoms with E-state index in [-0.39, 0.29) is 13.0 Å². The van der Waals surface area contributed by atoms with Gasteiger partial charge in [0.15, 0.2) is 0 Å². The minimum absolute atomic E-state index is 0.0331. The van der Waals surface area contributed by atoms with Crippen LogP contribution in [0.3, 0.4) is 0 Å². The average molecular weight is 172 g/mol. The largest absolute Gasteiger partial charge is 0.481 e. The first-order valence-electron chi connectivity index (χ1n) is 3.52. The molecule has 0 bridgehead atoms. The van der Waals surface area contributed by atoms with Crippen LogP contribution in [0.2, 0.25) is 0 Å². The van der Waals surface area contributed by atoms with Gasteiger partial charge in [0.1, 0.15) is 6.67 Å². The van der Waals surface area contributed by atoms with Crippen molar-refractivity contribution in [3.8, 4) is 0 Å². The zero-order valence-corrected chi connectivity index (χ0v) is 6.40. The quantitative estimate of drug-likeness (QED) is 0.731. The van der Waals surface area contributed by atoms with Gasteiger partial charge in [-0.25, -0.2) is 4.39 Å². The Morgan fingerprint density at radius 1 is 1.75 bits per heavy atom. The molecule has 0 aliphatic carbocycles. The van der Waals surface area contributed by atoms with E-state index in [4.69, 9.17) is 5.11 Å². The van der Waals surface area contributed by atoms with Crippen molar-refractivity contribution in [2.75, 3.05) is 0 Å². The fourth-order valence-electron chi connectivity index (χ4n) is 0.876. The molecule has 4 nitrogen and oxygen atoms in total. The summed E-state index contributed by atoms with van der Waals surface area (Å²) >= 11 is 0. The molecule has 0 saturated carbocycles. The molecule has 66 valence electrons. The third kappa shape index (κ3) is 2.05. The van der Waals surface area contributed by atoms with Gasteiger partial charge in [-0.05, 0) is 6.07 Å². The van der Waals surface area contributed by atoms with Gasteiger partial charge < -0.3 is 5.11 Å². The van der Waals surface area contributed by atoms with Gasteiger partial charge in [0.05, 0.1) is 18.7 Å². The summed E-state index contributed by atoms with van der Waals surface area (Å²) in [5.41, 5.74) is 0.413. The normalized spacial score (nSPS) is 10.1. The SMILES string of the molecule is O=C(O)CCn1nccc1CF. The van der Waals surface area contributed by atoms with E-state index in [2.05, 4.69) is 5.10 Å². The molecule has 0 saturated heterocycles. The lowest BCUT2D eigenvalue weighted by Crippen LogP contribution is -2.08. The van der Waals surface area contributed by atoms with Crippen LogP contribution in [0.1, 0.15) is 12.1 Å². The molecular weight excluding hydrogens is 163 g/mol. The van der Waals surface area contributed by atoms with E-state index < -0.39 is 12.6 Å². The third-order valence-electron chi connectivity index (χ3n) is 1.48. The van der Waals surface area contributed by atoms with Crippen LogP contribution >= 0.6 is 0 Å². The van der Waals surface area contributed by atoms with E-state index >= 15 is 0 Å². The van der Waals surface area contributed by atoms with Crippen LogP contribution in [0.25, 0.3) is 0 Å². The monoisotopic (exact) mass is 172 g/mol. The summed E-state index contributed by atoms with van der Waals surface area (Å²) in [5.74, 6) is -0.907. The smallest absolute Gasteiger partial charge is 0.305 e. The van der Waals surface area contributed by atoms with Crippen molar-refractivity contribution in [1.82, 2.24) is 9.78 Å². The summed E-state index contributed by atoms with van der Waals surface area (Å²) < 4.78 is 13.5. The molecular formula is C7H9FN2O2. The summed E-state index contributed by atoms with van der Waals surface area (Å²) in [5, 5.41) is 12.1. The van der Waals surface area contributed by atoms with E-state index in [1.807, 2.05) is 0 Å². The third-order valence-corrected chi connectivity index (χ3v) is 1.48. The Bertz CT molecular complexity index is 272. The second kappa shape index (κ2) is 3.85. The second-order valence-electron chi connectivity index (χ2n) is 2.32. The van der Waals surface area contributed by atoms with Crippen LogP contribution in [0.15, 0.2) is 12.3 Å². The molecule has 0 aliphatic heterocycles. The molecule has 0 spiro atoms. The summed E-state index contributed by atoms with van der Waals surface area (Å²) in [6.07, 6.45) is 1.42. The van der Waals surface area contributed by atoms with Crippen molar-refractivity contribution >= 4 is 5.97 Å². The highest BCUT2D eigenvalue weighted by molar-refractivity contribution is 5.66. The molecule has 1 rings (SSSR count). The summed E-state index contributed by atoms with van der Waals surface area (Å²) in [7, 11) is 0. The molecule has 0 amide bonds. The Labute approximate surface area is 68.6 Å². The maximum absolute atomic E-state index is 12.1. The zero-order chi connectivity index (χ0) is 8.97. The number of hydrogen-bond acceptors (Lipinski definition) is 2. The number of hydrogen-bond donors (Lipinski definition) is 1. The van der Waals surface area contributed by atoms with Gasteiger partial charge in [-0.1, -0.05) is 0 Å². The Kier molecular flexibility index (Phi) is 2.79. The number of aliphatic carboxylic acids is 1. The highest BCUT2D eigenvalue weighted by atomic mass is 19.1. The van der Waals surface area contributed by atoms with Crippen LogP contribution in [0.5, 0.6) is 0 Å². The molecule has 1 aromatic rings. The predicted molar refractivity (Wildman–Crippen MR) is 39.3 cm³/mol. The fourth-order valence-corrected chi connectivity index (χ4v) is 0.876. The summed E-state index contributed by atoms with van der Waals surface area (Å²) in [4.78, 5) is 10.2. The number of alkyl halides is 1. The van der Waals surface area contributed by atoms with Gasteiger partial charge in [0, 0.05) is 6.20 Å². The maximum atomic E-state index is 12.1. The van der Waals surface area contributed by atoms with Crippen molar-refractivity contribution in [2.45, 2.75) is 19.6 Å². The number of rotatable bonds is 4. The molecule has 0 aromatic carbocycles.